The van der Waals surface area contributed by atoms with E-state index in [0.717, 1.165) is 0 Å². The number of piperidine rings is 1. The highest BCUT2D eigenvalue weighted by molar-refractivity contribution is 6.33. The molecule has 1 fully saturated rings. The number of carbonyl (C=O) groups is 3. The lowest BCUT2D eigenvalue weighted by Gasteiger charge is -2.35. The van der Waals surface area contributed by atoms with Crippen LogP contribution in [0.1, 0.15) is 33.8 Å². The van der Waals surface area contributed by atoms with Crippen LogP contribution in [0.3, 0.4) is 0 Å². The number of hydrogen-bond acceptors (Lipinski definition) is 5. The van der Waals surface area contributed by atoms with Gasteiger partial charge in [-0.2, -0.15) is 0 Å². The second kappa shape index (κ2) is 11.0. The lowest BCUT2D eigenvalue weighted by molar-refractivity contribution is -0.124. The third-order valence-corrected chi connectivity index (χ3v) is 5.65. The summed E-state index contributed by atoms with van der Waals surface area (Å²) in [6, 6.07) is 9.24. The van der Waals surface area contributed by atoms with Gasteiger partial charge in [0.15, 0.2) is 5.76 Å². The molecule has 3 rings (SSSR count). The molecule has 2 aromatic rings. The summed E-state index contributed by atoms with van der Waals surface area (Å²) >= 11 is 6.14. The topological polar surface area (TPSA) is 101 Å². The first-order valence-corrected chi connectivity index (χ1v) is 10.5. The number of amides is 3. The molecule has 0 saturated carbocycles. The molecule has 1 aliphatic rings. The van der Waals surface area contributed by atoms with Crippen LogP contribution in [0.5, 0.6) is 0 Å². The van der Waals surface area contributed by atoms with Crippen LogP contribution in [0.25, 0.3) is 0 Å². The second-order valence-corrected chi connectivity index (χ2v) is 7.73. The van der Waals surface area contributed by atoms with Gasteiger partial charge in [0.1, 0.15) is 6.04 Å². The van der Waals surface area contributed by atoms with Gasteiger partial charge in [0.2, 0.25) is 5.91 Å². The number of methoxy groups -OCH3 is 1. The van der Waals surface area contributed by atoms with E-state index in [9.17, 15) is 14.4 Å². The molecule has 0 aliphatic carbocycles. The van der Waals surface area contributed by atoms with Gasteiger partial charge >= 0.3 is 0 Å². The van der Waals surface area contributed by atoms with Gasteiger partial charge in [-0.15, -0.1) is 0 Å². The number of ether oxygens (including phenoxy) is 1. The predicted octanol–water partition coefficient (Wildman–Crippen LogP) is 2.35. The molecule has 1 atom stereocenters. The Hall–Kier alpha value is -2.84. The van der Waals surface area contributed by atoms with Crippen molar-refractivity contribution in [3.63, 3.8) is 0 Å². The van der Waals surface area contributed by atoms with Gasteiger partial charge < -0.3 is 24.7 Å². The van der Waals surface area contributed by atoms with Crippen LogP contribution >= 0.6 is 11.6 Å². The van der Waals surface area contributed by atoms with E-state index in [2.05, 4.69) is 10.6 Å². The summed E-state index contributed by atoms with van der Waals surface area (Å²) in [7, 11) is 1.55. The minimum Gasteiger partial charge on any atom is -0.459 e. The van der Waals surface area contributed by atoms with Crippen molar-refractivity contribution in [2.24, 2.45) is 5.92 Å². The SMILES string of the molecule is COCCNC(=O)C(NC(=O)c1ccccc1Cl)C1CCN(C(=O)c2ccco2)CC1. The molecule has 8 nitrogen and oxygen atoms in total. The molecule has 1 aromatic heterocycles. The molecule has 1 saturated heterocycles. The zero-order valence-electron chi connectivity index (χ0n) is 17.3. The fourth-order valence-electron chi connectivity index (χ4n) is 3.64. The van der Waals surface area contributed by atoms with Crippen molar-refractivity contribution >= 4 is 29.3 Å². The van der Waals surface area contributed by atoms with E-state index in [4.69, 9.17) is 20.8 Å². The Morgan fingerprint density at radius 3 is 2.58 bits per heavy atom. The molecular weight excluding hydrogens is 422 g/mol. The molecule has 1 aromatic carbocycles. The first-order chi connectivity index (χ1) is 15.0. The Morgan fingerprint density at radius 2 is 1.94 bits per heavy atom. The highest BCUT2D eigenvalue weighted by Crippen LogP contribution is 2.24. The quantitative estimate of drug-likeness (QED) is 0.605. The first-order valence-electron chi connectivity index (χ1n) is 10.2. The van der Waals surface area contributed by atoms with Gasteiger partial charge in [-0.3, -0.25) is 14.4 Å². The van der Waals surface area contributed by atoms with Gasteiger partial charge in [0.25, 0.3) is 11.8 Å². The number of benzene rings is 1. The van der Waals surface area contributed by atoms with Crippen molar-refractivity contribution in [2.75, 3.05) is 33.4 Å². The minimum absolute atomic E-state index is 0.130. The fourth-order valence-corrected chi connectivity index (χ4v) is 3.86. The van der Waals surface area contributed by atoms with Gasteiger partial charge in [-0.1, -0.05) is 23.7 Å². The molecule has 166 valence electrons. The Kier molecular flexibility index (Phi) is 8.08. The van der Waals surface area contributed by atoms with E-state index >= 15 is 0 Å². The van der Waals surface area contributed by atoms with Crippen LogP contribution in [0.2, 0.25) is 5.02 Å². The summed E-state index contributed by atoms with van der Waals surface area (Å²) in [5.41, 5.74) is 0.310. The monoisotopic (exact) mass is 447 g/mol. The van der Waals surface area contributed by atoms with Crippen molar-refractivity contribution < 1.29 is 23.5 Å². The van der Waals surface area contributed by atoms with Crippen molar-refractivity contribution in [3.05, 3.63) is 59.0 Å². The molecule has 0 radical (unpaired) electrons. The molecular formula is C22H26ClN3O5. The summed E-state index contributed by atoms with van der Waals surface area (Å²) in [4.78, 5) is 39.9. The van der Waals surface area contributed by atoms with E-state index < -0.39 is 11.9 Å². The standard InChI is InChI=1S/C22H26ClN3O5/c1-30-14-10-24-21(28)19(25-20(27)16-5-2-3-6-17(16)23)15-8-11-26(12-9-15)22(29)18-7-4-13-31-18/h2-7,13,15,19H,8-12,14H2,1H3,(H,24,28)(H,25,27). The van der Waals surface area contributed by atoms with Crippen LogP contribution in [0.15, 0.2) is 47.1 Å². The Labute approximate surface area is 185 Å². The number of halogens is 1. The maximum absolute atomic E-state index is 12.9. The normalized spacial score (nSPS) is 15.4. The number of furan rings is 1. The lowest BCUT2D eigenvalue weighted by atomic mass is 9.88. The molecule has 1 unspecified atom stereocenters. The van der Waals surface area contributed by atoms with Crippen molar-refractivity contribution in [2.45, 2.75) is 18.9 Å². The van der Waals surface area contributed by atoms with E-state index in [-0.39, 0.29) is 17.7 Å². The zero-order valence-corrected chi connectivity index (χ0v) is 18.1. The van der Waals surface area contributed by atoms with Crippen LogP contribution in [0, 0.1) is 5.92 Å². The Morgan fingerprint density at radius 1 is 1.19 bits per heavy atom. The fraction of sp³-hybridized carbons (Fsp3) is 0.409. The van der Waals surface area contributed by atoms with E-state index in [1.165, 1.54) is 6.26 Å². The second-order valence-electron chi connectivity index (χ2n) is 7.32. The number of nitrogens with one attached hydrogen (secondary N) is 2. The molecule has 0 bridgehead atoms. The van der Waals surface area contributed by atoms with E-state index in [1.54, 1.807) is 48.4 Å². The predicted molar refractivity (Wildman–Crippen MR) is 115 cm³/mol. The van der Waals surface area contributed by atoms with Gasteiger partial charge in [0, 0.05) is 26.7 Å². The molecule has 31 heavy (non-hydrogen) atoms. The minimum atomic E-state index is -0.749. The van der Waals surface area contributed by atoms with Gasteiger partial charge in [-0.05, 0) is 43.0 Å². The molecule has 2 heterocycles. The highest BCUT2D eigenvalue weighted by atomic mass is 35.5. The zero-order chi connectivity index (χ0) is 22.2. The average Bonchev–Trinajstić information content (AvgIpc) is 3.32. The van der Waals surface area contributed by atoms with Crippen molar-refractivity contribution in [1.29, 1.82) is 0 Å². The molecule has 2 N–H and O–H groups in total. The maximum Gasteiger partial charge on any atom is 0.289 e. The molecule has 9 heteroatoms. The third kappa shape index (κ3) is 5.86. The van der Waals surface area contributed by atoms with Crippen LogP contribution in [-0.2, 0) is 9.53 Å². The maximum atomic E-state index is 12.9. The van der Waals surface area contributed by atoms with Crippen LogP contribution < -0.4 is 10.6 Å². The van der Waals surface area contributed by atoms with E-state index in [0.29, 0.717) is 55.4 Å². The molecule has 0 spiro atoms. The van der Waals surface area contributed by atoms with E-state index in [1.807, 2.05) is 0 Å². The lowest BCUT2D eigenvalue weighted by Crippen LogP contribution is -2.54. The smallest absolute Gasteiger partial charge is 0.289 e. The number of hydrogen-bond donors (Lipinski definition) is 2. The number of carbonyl (C=O) groups excluding carboxylic acids is 3. The molecule has 3 amide bonds. The Balaban J connectivity index is 1.68. The summed E-state index contributed by atoms with van der Waals surface area (Å²) in [6.07, 6.45) is 2.60. The number of likely N-dealkylation sites (tertiary alicyclic amines) is 1. The molecule has 1 aliphatic heterocycles. The first kappa shape index (κ1) is 22.8. The van der Waals surface area contributed by atoms with Crippen molar-refractivity contribution in [3.8, 4) is 0 Å². The summed E-state index contributed by atoms with van der Waals surface area (Å²) < 4.78 is 10.2. The van der Waals surface area contributed by atoms with Gasteiger partial charge in [-0.25, -0.2) is 0 Å². The summed E-state index contributed by atoms with van der Waals surface area (Å²) in [6.45, 7) is 1.64. The summed E-state index contributed by atoms with van der Waals surface area (Å²) in [5, 5.41) is 5.96. The largest absolute Gasteiger partial charge is 0.459 e. The highest BCUT2D eigenvalue weighted by Gasteiger charge is 2.34. The average molecular weight is 448 g/mol. The number of rotatable bonds is 8. The van der Waals surface area contributed by atoms with Crippen LogP contribution in [-0.4, -0.2) is 62.0 Å². The van der Waals surface area contributed by atoms with Crippen molar-refractivity contribution in [1.82, 2.24) is 15.5 Å². The number of nitrogens with zero attached hydrogens (tertiary/aromatic N) is 1. The summed E-state index contributed by atoms with van der Waals surface area (Å²) in [5.74, 6) is -0.710. The Bertz CT molecular complexity index is 894. The van der Waals surface area contributed by atoms with Crippen LogP contribution in [0.4, 0.5) is 0 Å². The van der Waals surface area contributed by atoms with Gasteiger partial charge in [0.05, 0.1) is 23.5 Å². The third-order valence-electron chi connectivity index (χ3n) is 5.32.